The molecule has 0 aromatic heterocycles. The maximum atomic E-state index is 12.9. The number of alkyl halides is 3. The van der Waals surface area contributed by atoms with Gasteiger partial charge in [0.25, 0.3) is 0 Å². The van der Waals surface area contributed by atoms with Gasteiger partial charge in [-0.05, 0) is 25.8 Å². The molecule has 1 aliphatic heterocycles. The third kappa shape index (κ3) is 3.09. The van der Waals surface area contributed by atoms with Crippen molar-refractivity contribution < 1.29 is 22.7 Å². The molecule has 2 aliphatic rings. The molecule has 1 N–H and O–H groups in total. The van der Waals surface area contributed by atoms with Crippen LogP contribution in [0.25, 0.3) is 0 Å². The maximum absolute atomic E-state index is 12.9. The Kier molecular flexibility index (Phi) is 4.46. The highest BCUT2D eigenvalue weighted by molar-refractivity contribution is 5.89. The van der Waals surface area contributed by atoms with Crippen LogP contribution >= 0.6 is 0 Å². The predicted molar refractivity (Wildman–Crippen MR) is 82.2 cm³/mol. The van der Waals surface area contributed by atoms with E-state index in [2.05, 4.69) is 10.1 Å². The largest absolute Gasteiger partial charge is 0.573 e. The van der Waals surface area contributed by atoms with Gasteiger partial charge in [0.2, 0.25) is 5.91 Å². The van der Waals surface area contributed by atoms with Crippen molar-refractivity contribution in [2.24, 2.45) is 0 Å². The van der Waals surface area contributed by atoms with Crippen molar-refractivity contribution in [3.8, 4) is 5.75 Å². The Morgan fingerprint density at radius 2 is 1.92 bits per heavy atom. The molecule has 1 aromatic carbocycles. The number of para-hydroxylation sites is 1. The highest BCUT2D eigenvalue weighted by Crippen LogP contribution is 2.42. The second kappa shape index (κ2) is 6.27. The molecule has 1 amide bonds. The van der Waals surface area contributed by atoms with Crippen molar-refractivity contribution in [1.82, 2.24) is 10.2 Å². The summed E-state index contributed by atoms with van der Waals surface area (Å²) in [6.45, 7) is 2.26. The normalized spacial score (nSPS) is 23.8. The fraction of sp³-hybridized carbons (Fsp3) is 0.588. The third-order valence-corrected chi connectivity index (χ3v) is 4.88. The fourth-order valence-corrected chi connectivity index (χ4v) is 3.80. The van der Waals surface area contributed by atoms with Crippen LogP contribution in [-0.2, 0) is 4.79 Å². The summed E-state index contributed by atoms with van der Waals surface area (Å²) in [7, 11) is 0. The van der Waals surface area contributed by atoms with E-state index < -0.39 is 18.1 Å². The average molecular weight is 342 g/mol. The lowest BCUT2D eigenvalue weighted by atomic mass is 9.81. The topological polar surface area (TPSA) is 41.6 Å². The minimum absolute atomic E-state index is 0.0171. The molecular formula is C17H21F3N2O2. The number of benzene rings is 1. The SMILES string of the molecule is CCN1C(=O)C2(CCCCC2)NC1c1ccccc1OC(F)(F)F. The molecule has 1 saturated heterocycles. The first-order valence-corrected chi connectivity index (χ1v) is 8.30. The van der Waals surface area contributed by atoms with Crippen molar-refractivity contribution in [3.05, 3.63) is 29.8 Å². The molecule has 0 radical (unpaired) electrons. The van der Waals surface area contributed by atoms with E-state index in [1.54, 1.807) is 17.0 Å². The average Bonchev–Trinajstić information content (AvgIpc) is 2.79. The molecule has 1 atom stereocenters. The lowest BCUT2D eigenvalue weighted by Gasteiger charge is -2.31. The Labute approximate surface area is 139 Å². The van der Waals surface area contributed by atoms with Gasteiger partial charge in [-0.15, -0.1) is 13.2 Å². The standard InChI is InChI=1S/C17H21F3N2O2/c1-2-22-14(21-16(15(22)23)10-6-3-7-11-16)12-8-4-5-9-13(12)24-17(18,19)20/h4-5,8-9,14,21H,2-3,6-7,10-11H2,1H3. The van der Waals surface area contributed by atoms with E-state index in [1.807, 2.05) is 6.92 Å². The number of likely N-dealkylation sites (N-methyl/N-ethyl adjacent to an activating group) is 1. The van der Waals surface area contributed by atoms with E-state index in [-0.39, 0.29) is 11.7 Å². The van der Waals surface area contributed by atoms with E-state index in [9.17, 15) is 18.0 Å². The van der Waals surface area contributed by atoms with E-state index in [1.165, 1.54) is 12.1 Å². The number of carbonyl (C=O) groups is 1. The Bertz CT molecular complexity index is 612. The van der Waals surface area contributed by atoms with E-state index in [0.29, 0.717) is 12.1 Å². The van der Waals surface area contributed by atoms with Gasteiger partial charge >= 0.3 is 6.36 Å². The van der Waals surface area contributed by atoms with Gasteiger partial charge in [0.1, 0.15) is 11.9 Å². The van der Waals surface area contributed by atoms with Crippen molar-refractivity contribution in [1.29, 1.82) is 0 Å². The summed E-state index contributed by atoms with van der Waals surface area (Å²) in [5.74, 6) is -0.280. The highest BCUT2D eigenvalue weighted by Gasteiger charge is 2.51. The number of ether oxygens (including phenoxy) is 1. The van der Waals surface area contributed by atoms with E-state index >= 15 is 0 Å². The molecule has 0 bridgehead atoms. The quantitative estimate of drug-likeness (QED) is 0.910. The van der Waals surface area contributed by atoms with Crippen molar-refractivity contribution in [2.45, 2.75) is 57.1 Å². The number of hydrogen-bond donors (Lipinski definition) is 1. The fourth-order valence-electron chi connectivity index (χ4n) is 3.80. The maximum Gasteiger partial charge on any atom is 0.573 e. The van der Waals surface area contributed by atoms with Crippen LogP contribution in [0.3, 0.4) is 0 Å². The van der Waals surface area contributed by atoms with Gasteiger partial charge in [0, 0.05) is 12.1 Å². The molecule has 1 aliphatic carbocycles. The van der Waals surface area contributed by atoms with Gasteiger partial charge in [-0.25, -0.2) is 0 Å². The van der Waals surface area contributed by atoms with Crippen LogP contribution in [0.1, 0.15) is 50.8 Å². The number of halogens is 3. The van der Waals surface area contributed by atoms with Crippen LogP contribution in [0.2, 0.25) is 0 Å². The number of amides is 1. The Balaban J connectivity index is 1.95. The molecule has 1 spiro atoms. The van der Waals surface area contributed by atoms with E-state index in [0.717, 1.165) is 32.1 Å². The van der Waals surface area contributed by atoms with Crippen LogP contribution in [-0.4, -0.2) is 29.3 Å². The second-order valence-corrected chi connectivity index (χ2v) is 6.37. The lowest BCUT2D eigenvalue weighted by molar-refractivity contribution is -0.275. The molecule has 1 heterocycles. The molecule has 1 saturated carbocycles. The summed E-state index contributed by atoms with van der Waals surface area (Å²) in [4.78, 5) is 14.5. The molecule has 4 nitrogen and oxygen atoms in total. The first-order chi connectivity index (χ1) is 11.4. The van der Waals surface area contributed by atoms with Crippen LogP contribution in [0.15, 0.2) is 24.3 Å². The van der Waals surface area contributed by atoms with Crippen molar-refractivity contribution in [2.75, 3.05) is 6.54 Å². The van der Waals surface area contributed by atoms with Gasteiger partial charge < -0.3 is 9.64 Å². The molecule has 132 valence electrons. The van der Waals surface area contributed by atoms with Crippen LogP contribution in [0.5, 0.6) is 5.75 Å². The van der Waals surface area contributed by atoms with Gasteiger partial charge in [0.05, 0.1) is 5.54 Å². The van der Waals surface area contributed by atoms with Crippen molar-refractivity contribution in [3.63, 3.8) is 0 Å². The zero-order valence-corrected chi connectivity index (χ0v) is 13.5. The van der Waals surface area contributed by atoms with Crippen molar-refractivity contribution >= 4 is 5.91 Å². The molecule has 3 rings (SSSR count). The molecule has 24 heavy (non-hydrogen) atoms. The highest BCUT2D eigenvalue weighted by atomic mass is 19.4. The first-order valence-electron chi connectivity index (χ1n) is 8.30. The molecule has 7 heteroatoms. The minimum atomic E-state index is -4.77. The zero-order valence-electron chi connectivity index (χ0n) is 13.5. The monoisotopic (exact) mass is 342 g/mol. The Morgan fingerprint density at radius 3 is 2.54 bits per heavy atom. The van der Waals surface area contributed by atoms with Gasteiger partial charge in [-0.1, -0.05) is 37.5 Å². The predicted octanol–water partition coefficient (Wildman–Crippen LogP) is 3.74. The summed E-state index contributed by atoms with van der Waals surface area (Å²) < 4.78 is 42.2. The number of nitrogens with one attached hydrogen (secondary N) is 1. The minimum Gasteiger partial charge on any atom is -0.405 e. The lowest BCUT2D eigenvalue weighted by Crippen LogP contribution is -2.48. The number of carbonyl (C=O) groups excluding carboxylic acids is 1. The van der Waals surface area contributed by atoms with Gasteiger partial charge in [0.15, 0.2) is 0 Å². The summed E-state index contributed by atoms with van der Waals surface area (Å²) in [6.07, 6.45) is -0.936. The number of rotatable bonds is 3. The Hall–Kier alpha value is -1.76. The van der Waals surface area contributed by atoms with Gasteiger partial charge in [-0.3, -0.25) is 10.1 Å². The first kappa shape index (κ1) is 17.1. The number of nitrogens with zero attached hydrogens (tertiary/aromatic N) is 1. The second-order valence-electron chi connectivity index (χ2n) is 6.37. The third-order valence-electron chi connectivity index (χ3n) is 4.88. The molecule has 2 fully saturated rings. The molecular weight excluding hydrogens is 321 g/mol. The summed E-state index contributed by atoms with van der Waals surface area (Å²) >= 11 is 0. The smallest absolute Gasteiger partial charge is 0.405 e. The van der Waals surface area contributed by atoms with Crippen LogP contribution < -0.4 is 10.1 Å². The van der Waals surface area contributed by atoms with Crippen LogP contribution in [0, 0.1) is 0 Å². The summed E-state index contributed by atoms with van der Waals surface area (Å²) in [5, 5.41) is 3.33. The van der Waals surface area contributed by atoms with E-state index in [4.69, 9.17) is 0 Å². The molecule has 1 unspecified atom stereocenters. The van der Waals surface area contributed by atoms with Gasteiger partial charge in [-0.2, -0.15) is 0 Å². The van der Waals surface area contributed by atoms with Crippen LogP contribution in [0.4, 0.5) is 13.2 Å². The molecule has 1 aromatic rings. The number of hydrogen-bond acceptors (Lipinski definition) is 3. The Morgan fingerprint density at radius 1 is 1.25 bits per heavy atom. The summed E-state index contributed by atoms with van der Waals surface area (Å²) in [5.41, 5.74) is -0.308. The summed E-state index contributed by atoms with van der Waals surface area (Å²) in [6, 6.07) is 6.02. The zero-order chi connectivity index (χ0) is 17.4.